The molecule has 0 atom stereocenters. The number of carbonyl (C=O) groups is 1. The monoisotopic (exact) mass is 503 g/mol. The highest BCUT2D eigenvalue weighted by molar-refractivity contribution is 7.99. The Morgan fingerprint density at radius 3 is 2.60 bits per heavy atom. The van der Waals surface area contributed by atoms with Crippen LogP contribution in [0.25, 0.3) is 0 Å². The predicted molar refractivity (Wildman–Crippen MR) is 124 cm³/mol. The average Bonchev–Trinajstić information content (AvgIpc) is 3.04. The molecule has 4 N–H and O–H groups in total. The van der Waals surface area contributed by atoms with E-state index in [9.17, 15) is 4.79 Å². The molecule has 0 unspecified atom stereocenters. The summed E-state index contributed by atoms with van der Waals surface area (Å²) in [6.07, 6.45) is 1.49. The zero-order valence-corrected chi connectivity index (χ0v) is 18.8. The number of hydrogen-bond acceptors (Lipinski definition) is 7. The number of nitrogens with one attached hydrogen (secondary N) is 2. The Balaban J connectivity index is 1.56. The number of hydrogen-bond donors (Lipinski definition) is 3. The molecule has 0 saturated carbocycles. The van der Waals surface area contributed by atoms with E-state index in [1.165, 1.54) is 10.9 Å². The Labute approximate surface area is 195 Å². The minimum Gasteiger partial charge on any atom is -0.334 e. The van der Waals surface area contributed by atoms with Gasteiger partial charge >= 0.3 is 0 Å². The van der Waals surface area contributed by atoms with Crippen molar-refractivity contribution in [1.29, 1.82) is 0 Å². The summed E-state index contributed by atoms with van der Waals surface area (Å²) < 4.78 is 1.17. The Morgan fingerprint density at radius 2 is 1.83 bits per heavy atom. The first-order valence-corrected chi connectivity index (χ1v) is 10.7. The van der Waals surface area contributed by atoms with Gasteiger partial charge in [-0.1, -0.05) is 64.2 Å². The number of nitrogens with two attached hydrogens (primary N) is 1. The molecule has 3 aromatic rings. The topological polar surface area (TPSA) is 110 Å². The van der Waals surface area contributed by atoms with E-state index in [2.05, 4.69) is 26.0 Å². The van der Waals surface area contributed by atoms with Crippen molar-refractivity contribution in [3.8, 4) is 0 Å². The van der Waals surface area contributed by atoms with E-state index < -0.39 is 0 Å². The van der Waals surface area contributed by atoms with Crippen molar-refractivity contribution < 1.29 is 4.79 Å². The summed E-state index contributed by atoms with van der Waals surface area (Å²) in [5.74, 6) is 5.84. The molecule has 0 aliphatic carbocycles. The normalized spacial score (nSPS) is 11.1. The van der Waals surface area contributed by atoms with Crippen molar-refractivity contribution in [3.05, 3.63) is 62.1 Å². The van der Waals surface area contributed by atoms with Gasteiger partial charge in [0.25, 0.3) is 5.95 Å². The maximum absolute atomic E-state index is 12.2. The second-order valence-electron chi connectivity index (χ2n) is 5.67. The number of benzene rings is 2. The number of rotatable bonds is 7. The number of halogens is 4. The fourth-order valence-electron chi connectivity index (χ4n) is 2.13. The van der Waals surface area contributed by atoms with Crippen LogP contribution in [0.2, 0.25) is 20.1 Å². The van der Waals surface area contributed by atoms with Crippen molar-refractivity contribution in [3.63, 3.8) is 0 Å². The van der Waals surface area contributed by atoms with Crippen LogP contribution in [0.4, 0.5) is 11.6 Å². The summed E-state index contributed by atoms with van der Waals surface area (Å²) in [5, 5.41) is 16.6. The fourth-order valence-corrected chi connectivity index (χ4v) is 3.58. The van der Waals surface area contributed by atoms with Crippen LogP contribution >= 0.6 is 58.2 Å². The average molecular weight is 505 g/mol. The zero-order valence-electron chi connectivity index (χ0n) is 14.9. The Hall–Kier alpha value is -2.17. The number of anilines is 2. The first-order valence-electron chi connectivity index (χ1n) is 8.16. The third kappa shape index (κ3) is 5.93. The third-order valence-electron chi connectivity index (χ3n) is 3.53. The quantitative estimate of drug-likeness (QED) is 0.185. The summed E-state index contributed by atoms with van der Waals surface area (Å²) in [6.45, 7) is 0. The van der Waals surface area contributed by atoms with Crippen LogP contribution in [0, 0.1) is 0 Å². The van der Waals surface area contributed by atoms with Gasteiger partial charge in [-0.2, -0.15) is 5.10 Å². The summed E-state index contributed by atoms with van der Waals surface area (Å²) in [4.78, 5) is 12.2. The van der Waals surface area contributed by atoms with Gasteiger partial charge in [-0.05, 0) is 30.3 Å². The molecule has 0 bridgehead atoms. The van der Waals surface area contributed by atoms with Crippen molar-refractivity contribution in [2.45, 2.75) is 5.16 Å². The number of thioether (sulfide) groups is 1. The number of nitrogens with zero attached hydrogens (tertiary/aromatic N) is 4. The van der Waals surface area contributed by atoms with E-state index in [-0.39, 0.29) is 17.6 Å². The SMILES string of the molecule is Nn1c(N/N=C/c2ccc(Cl)cc2Cl)nnc1SCC(=O)Nc1cc(Cl)ccc1Cl. The number of amides is 1. The minimum atomic E-state index is -0.308. The molecule has 1 heterocycles. The van der Waals surface area contributed by atoms with Crippen LogP contribution in [0.5, 0.6) is 0 Å². The summed E-state index contributed by atoms with van der Waals surface area (Å²) >= 11 is 25.0. The van der Waals surface area contributed by atoms with Gasteiger partial charge in [0.2, 0.25) is 11.1 Å². The molecule has 0 aliphatic rings. The molecule has 13 heteroatoms. The second-order valence-corrected chi connectivity index (χ2v) is 8.30. The first-order chi connectivity index (χ1) is 14.3. The molecular formula is C17H13Cl4N7OS. The standard InChI is InChI=1S/C17H13Cl4N7OS/c18-10-2-1-9(13(21)5-10)7-23-25-16-26-27-17(28(16)22)30-8-15(29)24-14-6-11(19)3-4-12(14)20/h1-7H,8,22H2,(H,24,29)(H,25,26)/b23-7+. The van der Waals surface area contributed by atoms with Crippen molar-refractivity contribution in [1.82, 2.24) is 14.9 Å². The lowest BCUT2D eigenvalue weighted by atomic mass is 10.2. The summed E-state index contributed by atoms with van der Waals surface area (Å²) in [5.41, 5.74) is 3.73. The van der Waals surface area contributed by atoms with Gasteiger partial charge in [-0.3, -0.25) is 4.79 Å². The van der Waals surface area contributed by atoms with E-state index in [0.29, 0.717) is 36.5 Å². The van der Waals surface area contributed by atoms with Crippen molar-refractivity contribution >= 4 is 81.9 Å². The van der Waals surface area contributed by atoms with Crippen LogP contribution in [0.3, 0.4) is 0 Å². The lowest BCUT2D eigenvalue weighted by Crippen LogP contribution is -2.17. The molecule has 2 aromatic carbocycles. The largest absolute Gasteiger partial charge is 0.334 e. The number of nitrogen functional groups attached to an aromatic ring is 1. The smallest absolute Gasteiger partial charge is 0.264 e. The van der Waals surface area contributed by atoms with Crippen LogP contribution in [0.15, 0.2) is 46.7 Å². The van der Waals surface area contributed by atoms with Gasteiger partial charge in [0.1, 0.15) is 0 Å². The van der Waals surface area contributed by atoms with E-state index in [1.54, 1.807) is 36.4 Å². The molecule has 1 aromatic heterocycles. The predicted octanol–water partition coefficient (Wildman–Crippen LogP) is 4.78. The van der Waals surface area contributed by atoms with E-state index in [0.717, 1.165) is 11.8 Å². The molecular weight excluding hydrogens is 492 g/mol. The Bertz CT molecular complexity index is 1110. The Kier molecular flexibility index (Phi) is 7.68. The van der Waals surface area contributed by atoms with Gasteiger partial charge in [-0.25, -0.2) is 10.1 Å². The minimum absolute atomic E-state index is 0.0296. The van der Waals surface area contributed by atoms with Gasteiger partial charge in [0.05, 0.1) is 27.7 Å². The lowest BCUT2D eigenvalue weighted by Gasteiger charge is -2.07. The van der Waals surface area contributed by atoms with E-state index in [1.807, 2.05) is 0 Å². The molecule has 1 amide bonds. The lowest BCUT2D eigenvalue weighted by molar-refractivity contribution is -0.113. The molecule has 8 nitrogen and oxygen atoms in total. The van der Waals surface area contributed by atoms with Crippen LogP contribution < -0.4 is 16.6 Å². The molecule has 156 valence electrons. The van der Waals surface area contributed by atoms with Crippen LogP contribution in [-0.2, 0) is 4.79 Å². The number of aromatic nitrogens is 3. The molecule has 0 radical (unpaired) electrons. The van der Waals surface area contributed by atoms with E-state index >= 15 is 0 Å². The second kappa shape index (κ2) is 10.2. The van der Waals surface area contributed by atoms with Gasteiger partial charge < -0.3 is 11.2 Å². The summed E-state index contributed by atoms with van der Waals surface area (Å²) in [7, 11) is 0. The van der Waals surface area contributed by atoms with Gasteiger partial charge in [-0.15, -0.1) is 10.2 Å². The molecule has 0 spiro atoms. The number of hydrazone groups is 1. The maximum Gasteiger partial charge on any atom is 0.264 e. The molecule has 3 rings (SSSR count). The number of carbonyl (C=O) groups excluding carboxylic acids is 1. The van der Waals surface area contributed by atoms with Crippen molar-refractivity contribution in [2.75, 3.05) is 22.3 Å². The highest BCUT2D eigenvalue weighted by atomic mass is 35.5. The van der Waals surface area contributed by atoms with E-state index in [4.69, 9.17) is 52.2 Å². The summed E-state index contributed by atoms with van der Waals surface area (Å²) in [6, 6.07) is 9.80. The first kappa shape index (κ1) is 22.5. The van der Waals surface area contributed by atoms with Gasteiger partial charge in [0.15, 0.2) is 0 Å². The Morgan fingerprint density at radius 1 is 1.10 bits per heavy atom. The maximum atomic E-state index is 12.2. The fraction of sp³-hybridized carbons (Fsp3) is 0.0588. The van der Waals surface area contributed by atoms with Crippen LogP contribution in [0.1, 0.15) is 5.56 Å². The van der Waals surface area contributed by atoms with Crippen molar-refractivity contribution in [2.24, 2.45) is 5.10 Å². The molecule has 0 aliphatic heterocycles. The molecule has 0 fully saturated rings. The highest BCUT2D eigenvalue weighted by Gasteiger charge is 2.13. The molecule has 0 saturated heterocycles. The molecule has 30 heavy (non-hydrogen) atoms. The van der Waals surface area contributed by atoms with Crippen LogP contribution in [-0.4, -0.2) is 32.7 Å². The van der Waals surface area contributed by atoms with Gasteiger partial charge in [0, 0.05) is 15.6 Å². The third-order valence-corrected chi connectivity index (χ3v) is 5.60. The zero-order chi connectivity index (χ0) is 21.7. The highest BCUT2D eigenvalue weighted by Crippen LogP contribution is 2.26.